The van der Waals surface area contributed by atoms with E-state index in [0.717, 1.165) is 20.8 Å². The molecule has 414 valence electrons. The highest BCUT2D eigenvalue weighted by atomic mass is 16.8. The van der Waals surface area contributed by atoms with Gasteiger partial charge in [0.15, 0.2) is 6.29 Å². The average molecular weight is 1050 g/mol. The van der Waals surface area contributed by atoms with Crippen LogP contribution in [0.2, 0.25) is 0 Å². The number of amides is 3. The second-order valence-corrected chi connectivity index (χ2v) is 17.6. The minimum absolute atomic E-state index is 0.868. The Bertz CT molecular complexity index is 1900. The van der Waals surface area contributed by atoms with Gasteiger partial charge in [0.05, 0.1) is 62.9 Å². The Hall–Kier alpha value is -4.02. The van der Waals surface area contributed by atoms with Gasteiger partial charge in [-0.05, 0) is 0 Å². The Labute approximate surface area is 405 Å². The number of carbonyl (C=O) groups excluding carboxylic acids is 3. The minimum Gasteiger partial charge on any atom is -0.477 e. The molecule has 1 unspecified atom stereocenters. The number of carbonyl (C=O) groups is 6. The van der Waals surface area contributed by atoms with E-state index in [9.17, 15) is 116 Å². The molecule has 3 amide bonds. The van der Waals surface area contributed by atoms with Crippen molar-refractivity contribution in [2.24, 2.45) is 0 Å². The number of nitrogens with one attached hydrogen (secondary N) is 3. The van der Waals surface area contributed by atoms with Gasteiger partial charge in [0.2, 0.25) is 17.7 Å². The molecule has 20 N–H and O–H groups in total. The topological polar surface area (TPSA) is 547 Å². The maximum Gasteiger partial charge on any atom is 0.364 e. The normalized spacial score (nSPS) is 39.8. The van der Waals surface area contributed by atoms with Crippen LogP contribution in [-0.4, -0.2) is 288 Å². The molecule has 4 aliphatic heterocycles. The molecule has 4 aliphatic rings. The molecule has 0 radical (unpaired) electrons. The third kappa shape index (κ3) is 12.9. The molecule has 0 saturated carbocycles. The molecule has 0 aromatic rings. The lowest BCUT2D eigenvalue weighted by molar-refractivity contribution is -0.373. The zero-order chi connectivity index (χ0) is 54.5. The number of ether oxygens (including phenoxy) is 7. The summed E-state index contributed by atoms with van der Waals surface area (Å²) in [4.78, 5) is 76.0. The van der Waals surface area contributed by atoms with Gasteiger partial charge in [0.25, 0.3) is 17.4 Å². The van der Waals surface area contributed by atoms with Crippen molar-refractivity contribution in [1.29, 1.82) is 0 Å². The van der Waals surface area contributed by atoms with Crippen molar-refractivity contribution in [3.8, 4) is 0 Å². The molecule has 4 rings (SSSR count). The Morgan fingerprint density at radius 3 is 1.21 bits per heavy atom. The molecule has 72 heavy (non-hydrogen) atoms. The summed E-state index contributed by atoms with van der Waals surface area (Å²) in [6.45, 7) is -2.52. The summed E-state index contributed by atoms with van der Waals surface area (Å²) < 4.78 is 38.4. The zero-order valence-corrected chi connectivity index (χ0v) is 38.4. The van der Waals surface area contributed by atoms with E-state index >= 15 is 0 Å². The molecular weight excluding hydrogens is 990 g/mol. The van der Waals surface area contributed by atoms with E-state index in [2.05, 4.69) is 16.0 Å². The predicted octanol–water partition coefficient (Wildman–Crippen LogP) is -11.7. The van der Waals surface area contributed by atoms with Gasteiger partial charge < -0.3 is 136 Å². The summed E-state index contributed by atoms with van der Waals surface area (Å²) in [6.07, 6.45) is -42.5. The maximum atomic E-state index is 13.3. The number of aliphatic carboxylic acids is 3. The van der Waals surface area contributed by atoms with Gasteiger partial charge in [0, 0.05) is 40.0 Å². The molecule has 33 nitrogen and oxygen atoms in total. The molecule has 0 aliphatic carbocycles. The van der Waals surface area contributed by atoms with Crippen LogP contribution in [-0.2, 0) is 61.9 Å². The second-order valence-electron chi connectivity index (χ2n) is 17.6. The van der Waals surface area contributed by atoms with Gasteiger partial charge in [-0.25, -0.2) is 14.4 Å². The highest BCUT2D eigenvalue weighted by Crippen LogP contribution is 2.41. The van der Waals surface area contributed by atoms with Gasteiger partial charge in [-0.1, -0.05) is 0 Å². The number of hydrogen-bond acceptors (Lipinski definition) is 27. The van der Waals surface area contributed by atoms with Crippen molar-refractivity contribution >= 4 is 35.6 Å². The number of carboxylic acid groups (broad SMARTS) is 3. The summed E-state index contributed by atoms with van der Waals surface area (Å²) in [5.74, 6) is -19.5. The standard InChI is InChI=1S/C39H63N3O30/c1-11(47)40-21-14(50)4-37(34(60)61,69-29(21)24(54)17(53)7-43)67-19(9-45)26(56)30-22(41-12(2)48)15(51)5-38(70-30,35(62)63)68-20(10-46)27(57)31-23(42-13(3)49)16(52)6-39(71-31,36(64)65)72-32-25(55)18(8-44)66-33(59)28(32)58/h14-33,43-46,50-59H,4-10H2,1-3H3,(H,40,47)(H,41,48)(H,42,49)(H,60,61)(H,62,63)(H,64,65)/t14-,15-,16-,17+,18+,19+,20+,21+,22+,23+,24+,25-,26+,27+,28+,29+,30+,31+,32-,33?,37+,38+,39-/m0/s1. The third-order valence-electron chi connectivity index (χ3n) is 12.4. The highest BCUT2D eigenvalue weighted by molar-refractivity contribution is 5.78. The quantitative estimate of drug-likeness (QED) is 0.0479. The van der Waals surface area contributed by atoms with Crippen LogP contribution >= 0.6 is 0 Å². The number of aliphatic hydroxyl groups excluding tert-OH is 14. The van der Waals surface area contributed by atoms with Crippen LogP contribution in [0.25, 0.3) is 0 Å². The van der Waals surface area contributed by atoms with E-state index in [1.807, 2.05) is 0 Å². The number of carboxylic acids is 3. The molecule has 0 aromatic heterocycles. The fourth-order valence-corrected chi connectivity index (χ4v) is 8.86. The first-order valence-corrected chi connectivity index (χ1v) is 22.0. The molecule has 4 saturated heterocycles. The molecule has 33 heteroatoms. The lowest BCUT2D eigenvalue weighted by Crippen LogP contribution is -2.72. The van der Waals surface area contributed by atoms with Crippen molar-refractivity contribution in [2.75, 3.05) is 26.4 Å². The van der Waals surface area contributed by atoms with Crippen LogP contribution in [0, 0.1) is 0 Å². The third-order valence-corrected chi connectivity index (χ3v) is 12.4. The number of aliphatic hydroxyl groups is 14. The average Bonchev–Trinajstić information content (AvgIpc) is 3.30. The lowest BCUT2D eigenvalue weighted by atomic mass is 9.86. The van der Waals surface area contributed by atoms with E-state index in [4.69, 9.17) is 33.2 Å². The first-order valence-electron chi connectivity index (χ1n) is 22.0. The van der Waals surface area contributed by atoms with Crippen LogP contribution in [0.5, 0.6) is 0 Å². The van der Waals surface area contributed by atoms with Crippen LogP contribution < -0.4 is 16.0 Å². The first kappa shape index (κ1) is 60.5. The molecule has 0 bridgehead atoms. The SMILES string of the molecule is CC(=O)N[C@H]1[C@H]([C@H](O)[C@H](O)CO)O[C@@](O[C@H](CO)[C@@H](O)[C@@H]2O[C@@](O[C@H](CO)[C@@H](O)[C@@H]3O[C@@](O[C@H]4[C@@H](O)[C@@H](CO)OC(O)[C@@H]4O)(C(=O)O)C[C@H](O)[C@H]3NC(C)=O)(C(=O)O)C[C@H](O)[C@H]2NC(C)=O)(C(=O)O)C[C@@H]1O. The maximum absolute atomic E-state index is 13.3. The van der Waals surface area contributed by atoms with Crippen molar-refractivity contribution in [3.05, 3.63) is 0 Å². The van der Waals surface area contributed by atoms with Crippen molar-refractivity contribution in [2.45, 2.75) is 179 Å². The summed E-state index contributed by atoms with van der Waals surface area (Å²) >= 11 is 0. The molecule has 4 heterocycles. The Kier molecular flexibility index (Phi) is 20.6. The smallest absolute Gasteiger partial charge is 0.364 e. The fourth-order valence-electron chi connectivity index (χ4n) is 8.86. The molecule has 0 aromatic carbocycles. The molecule has 0 spiro atoms. The summed E-state index contributed by atoms with van der Waals surface area (Å²) in [7, 11) is 0. The van der Waals surface area contributed by atoms with Gasteiger partial charge >= 0.3 is 17.9 Å². The fraction of sp³-hybridized carbons (Fsp3) is 0.846. The van der Waals surface area contributed by atoms with Crippen LogP contribution in [0.4, 0.5) is 0 Å². The van der Waals surface area contributed by atoms with E-state index in [-0.39, 0.29) is 0 Å². The van der Waals surface area contributed by atoms with E-state index in [1.165, 1.54) is 0 Å². The van der Waals surface area contributed by atoms with Gasteiger partial charge in [-0.2, -0.15) is 0 Å². The van der Waals surface area contributed by atoms with E-state index in [1.54, 1.807) is 0 Å². The number of rotatable bonds is 22. The predicted molar refractivity (Wildman–Crippen MR) is 220 cm³/mol. The molecule has 23 atom stereocenters. The van der Waals surface area contributed by atoms with Crippen molar-refractivity contribution in [1.82, 2.24) is 16.0 Å². The van der Waals surface area contributed by atoms with Crippen molar-refractivity contribution in [3.63, 3.8) is 0 Å². The Morgan fingerprint density at radius 2 is 0.889 bits per heavy atom. The Balaban J connectivity index is 1.76. The van der Waals surface area contributed by atoms with Gasteiger partial charge in [-0.3, -0.25) is 14.4 Å². The molecular formula is C39H63N3O30. The van der Waals surface area contributed by atoms with Crippen LogP contribution in [0.3, 0.4) is 0 Å². The zero-order valence-electron chi connectivity index (χ0n) is 38.4. The van der Waals surface area contributed by atoms with E-state index < -0.39 is 221 Å². The summed E-state index contributed by atoms with van der Waals surface area (Å²) in [6, 6.07) is -5.63. The second kappa shape index (κ2) is 24.6. The van der Waals surface area contributed by atoms with Gasteiger partial charge in [0.1, 0.15) is 79.4 Å². The summed E-state index contributed by atoms with van der Waals surface area (Å²) in [5.41, 5.74) is 0. The lowest BCUT2D eigenvalue weighted by Gasteiger charge is -2.51. The van der Waals surface area contributed by atoms with Crippen LogP contribution in [0.15, 0.2) is 0 Å². The Morgan fingerprint density at radius 1 is 0.542 bits per heavy atom. The molecule has 4 fully saturated rings. The largest absolute Gasteiger partial charge is 0.477 e. The highest BCUT2D eigenvalue weighted by Gasteiger charge is 2.63. The monoisotopic (exact) mass is 1050 g/mol. The van der Waals surface area contributed by atoms with Crippen LogP contribution in [0.1, 0.15) is 40.0 Å². The first-order chi connectivity index (χ1) is 33.5. The number of hydrogen-bond donors (Lipinski definition) is 20. The summed E-state index contributed by atoms with van der Waals surface area (Å²) in [5, 5.41) is 189. The minimum atomic E-state index is -3.47. The van der Waals surface area contributed by atoms with Crippen molar-refractivity contribution < 1.29 is 149 Å². The van der Waals surface area contributed by atoms with E-state index in [0.29, 0.717) is 0 Å². The van der Waals surface area contributed by atoms with Gasteiger partial charge in [-0.15, -0.1) is 0 Å².